The first-order valence-electron chi connectivity index (χ1n) is 9.23. The number of pyridine rings is 1. The first kappa shape index (κ1) is 20.4. The number of benzene rings is 2. The van der Waals surface area contributed by atoms with Crippen molar-refractivity contribution in [2.24, 2.45) is 5.73 Å². The number of nitrogens with zero attached hydrogens (tertiary/aromatic N) is 3. The molecule has 2 heterocycles. The van der Waals surface area contributed by atoms with Crippen LogP contribution in [0.25, 0.3) is 10.8 Å². The second-order valence-corrected chi connectivity index (χ2v) is 7.52. The summed E-state index contributed by atoms with van der Waals surface area (Å²) in [7, 11) is 0. The number of rotatable bonds is 5. The van der Waals surface area contributed by atoms with E-state index in [4.69, 9.17) is 10.5 Å². The minimum Gasteiger partial charge on any atom is -0.400 e. The molecule has 0 bridgehead atoms. The second kappa shape index (κ2) is 8.88. The van der Waals surface area contributed by atoms with Crippen LogP contribution in [-0.4, -0.2) is 27.1 Å². The number of carbonyl (C=O) groups excluding carboxylic acids is 2. The van der Waals surface area contributed by atoms with Crippen LogP contribution in [0, 0.1) is 0 Å². The highest BCUT2D eigenvalue weighted by Gasteiger charge is 2.14. The van der Waals surface area contributed by atoms with E-state index in [2.05, 4.69) is 36.4 Å². The predicted molar refractivity (Wildman–Crippen MR) is 119 cm³/mol. The standard InChI is InChI=1S/C22H16BrN5O3/c23-14-4-3-5-15(12-14)26-21-17-7-2-1-6-16(17)18(27-28-21)10-13-8-9-25-19(11-13)31-22(30)20(24)29/h1-9,11-12H,10H2,(H2,24,29)(H,26,28). The highest BCUT2D eigenvalue weighted by atomic mass is 79.9. The van der Waals surface area contributed by atoms with Crippen LogP contribution in [-0.2, 0) is 16.0 Å². The monoisotopic (exact) mass is 477 g/mol. The number of aromatic nitrogens is 3. The second-order valence-electron chi connectivity index (χ2n) is 6.61. The van der Waals surface area contributed by atoms with E-state index >= 15 is 0 Å². The van der Waals surface area contributed by atoms with Gasteiger partial charge in [-0.05, 0) is 29.8 Å². The van der Waals surface area contributed by atoms with E-state index in [0.717, 1.165) is 32.2 Å². The Morgan fingerprint density at radius 1 is 1.00 bits per heavy atom. The summed E-state index contributed by atoms with van der Waals surface area (Å²) in [5.74, 6) is -1.72. The topological polar surface area (TPSA) is 120 Å². The maximum atomic E-state index is 11.4. The summed E-state index contributed by atoms with van der Waals surface area (Å²) in [6, 6.07) is 18.9. The summed E-state index contributed by atoms with van der Waals surface area (Å²) < 4.78 is 5.82. The molecule has 8 nitrogen and oxygen atoms in total. The Hall–Kier alpha value is -3.85. The number of halogens is 1. The molecule has 0 fully saturated rings. The molecule has 9 heteroatoms. The minimum atomic E-state index is -1.18. The molecule has 2 aromatic carbocycles. The Morgan fingerprint density at radius 3 is 2.58 bits per heavy atom. The average molecular weight is 478 g/mol. The van der Waals surface area contributed by atoms with Crippen molar-refractivity contribution >= 4 is 50.1 Å². The summed E-state index contributed by atoms with van der Waals surface area (Å²) in [6.07, 6.45) is 1.91. The molecule has 4 rings (SSSR count). The number of hydrogen-bond acceptors (Lipinski definition) is 7. The minimum absolute atomic E-state index is 0.00786. The molecular formula is C22H16BrN5O3. The van der Waals surface area contributed by atoms with Crippen LogP contribution in [0.2, 0.25) is 0 Å². The van der Waals surface area contributed by atoms with Crippen molar-refractivity contribution < 1.29 is 14.3 Å². The van der Waals surface area contributed by atoms with Gasteiger partial charge in [0.1, 0.15) is 0 Å². The van der Waals surface area contributed by atoms with Gasteiger partial charge in [0.2, 0.25) is 5.88 Å². The van der Waals surface area contributed by atoms with Crippen LogP contribution >= 0.6 is 15.9 Å². The number of anilines is 2. The molecule has 0 saturated heterocycles. The maximum Gasteiger partial charge on any atom is 0.403 e. The molecule has 0 unspecified atom stereocenters. The third-order valence-corrected chi connectivity index (χ3v) is 4.91. The Bertz CT molecular complexity index is 1300. The van der Waals surface area contributed by atoms with Crippen LogP contribution in [0.5, 0.6) is 5.88 Å². The van der Waals surface area contributed by atoms with Gasteiger partial charge in [0.25, 0.3) is 0 Å². The predicted octanol–water partition coefficient (Wildman–Crippen LogP) is 3.51. The third-order valence-electron chi connectivity index (χ3n) is 4.42. The Balaban J connectivity index is 1.64. The van der Waals surface area contributed by atoms with Crippen molar-refractivity contribution in [3.8, 4) is 5.88 Å². The molecule has 0 radical (unpaired) electrons. The number of nitrogens with two attached hydrogens (primary N) is 1. The molecule has 0 spiro atoms. The highest BCUT2D eigenvalue weighted by molar-refractivity contribution is 9.10. The Labute approximate surface area is 185 Å². The normalized spacial score (nSPS) is 10.6. The van der Waals surface area contributed by atoms with Gasteiger partial charge in [0.05, 0.1) is 5.69 Å². The number of nitrogens with one attached hydrogen (secondary N) is 1. The van der Waals surface area contributed by atoms with Crippen molar-refractivity contribution in [2.75, 3.05) is 5.32 Å². The van der Waals surface area contributed by atoms with Crippen molar-refractivity contribution in [3.05, 3.63) is 82.6 Å². The molecule has 4 aromatic rings. The molecular weight excluding hydrogens is 462 g/mol. The van der Waals surface area contributed by atoms with E-state index in [1.54, 1.807) is 12.1 Å². The molecule has 0 atom stereocenters. The zero-order valence-electron chi connectivity index (χ0n) is 16.1. The number of primary amides is 1. The lowest BCUT2D eigenvalue weighted by molar-refractivity contribution is -0.146. The summed E-state index contributed by atoms with van der Waals surface area (Å²) in [5.41, 5.74) is 7.33. The van der Waals surface area contributed by atoms with E-state index in [0.29, 0.717) is 12.2 Å². The van der Waals surface area contributed by atoms with Crippen LogP contribution in [0.1, 0.15) is 11.3 Å². The van der Waals surface area contributed by atoms with Gasteiger partial charge < -0.3 is 15.8 Å². The maximum absolute atomic E-state index is 11.4. The Kier molecular flexibility index (Phi) is 5.85. The number of carbonyl (C=O) groups is 2. The molecule has 3 N–H and O–H groups in total. The lowest BCUT2D eigenvalue weighted by Gasteiger charge is -2.11. The SMILES string of the molecule is NC(=O)C(=O)Oc1cc(Cc2nnc(Nc3cccc(Br)c3)c3ccccc23)ccn1. The van der Waals surface area contributed by atoms with Gasteiger partial charge in [0, 0.05) is 39.6 Å². The zero-order chi connectivity index (χ0) is 21.8. The lowest BCUT2D eigenvalue weighted by atomic mass is 10.0. The summed E-state index contributed by atoms with van der Waals surface area (Å²) in [4.78, 5) is 26.2. The van der Waals surface area contributed by atoms with Gasteiger partial charge in [-0.15, -0.1) is 5.10 Å². The molecule has 0 aliphatic heterocycles. The first-order chi connectivity index (χ1) is 15.0. The lowest BCUT2D eigenvalue weighted by Crippen LogP contribution is -2.28. The van der Waals surface area contributed by atoms with Crippen molar-refractivity contribution in [3.63, 3.8) is 0 Å². The molecule has 0 aliphatic rings. The molecule has 154 valence electrons. The van der Waals surface area contributed by atoms with Crippen LogP contribution < -0.4 is 15.8 Å². The number of ether oxygens (including phenoxy) is 1. The van der Waals surface area contributed by atoms with Crippen molar-refractivity contribution in [2.45, 2.75) is 6.42 Å². The van der Waals surface area contributed by atoms with Gasteiger partial charge in [-0.2, -0.15) is 5.10 Å². The van der Waals surface area contributed by atoms with Gasteiger partial charge >= 0.3 is 11.9 Å². The molecule has 0 aliphatic carbocycles. The Morgan fingerprint density at radius 2 is 1.81 bits per heavy atom. The highest BCUT2D eigenvalue weighted by Crippen LogP contribution is 2.28. The van der Waals surface area contributed by atoms with Crippen LogP contribution in [0.15, 0.2) is 71.3 Å². The fraction of sp³-hybridized carbons (Fsp3) is 0.0455. The summed E-state index contributed by atoms with van der Waals surface area (Å²) in [6.45, 7) is 0. The largest absolute Gasteiger partial charge is 0.403 e. The third kappa shape index (κ3) is 4.84. The molecule has 2 aromatic heterocycles. The fourth-order valence-corrected chi connectivity index (χ4v) is 3.44. The smallest absolute Gasteiger partial charge is 0.400 e. The van der Waals surface area contributed by atoms with E-state index in [1.165, 1.54) is 6.20 Å². The number of fused-ring (bicyclic) bond motifs is 1. The van der Waals surface area contributed by atoms with Crippen molar-refractivity contribution in [1.82, 2.24) is 15.2 Å². The molecule has 0 saturated carbocycles. The van der Waals surface area contributed by atoms with Crippen molar-refractivity contribution in [1.29, 1.82) is 0 Å². The molecule has 31 heavy (non-hydrogen) atoms. The van der Waals surface area contributed by atoms with E-state index < -0.39 is 11.9 Å². The number of hydrogen-bond donors (Lipinski definition) is 2. The van der Waals surface area contributed by atoms with Crippen LogP contribution in [0.3, 0.4) is 0 Å². The van der Waals surface area contributed by atoms with Gasteiger partial charge in [0.15, 0.2) is 5.82 Å². The number of esters is 1. The van der Waals surface area contributed by atoms with Crippen LogP contribution in [0.4, 0.5) is 11.5 Å². The molecule has 1 amide bonds. The zero-order valence-corrected chi connectivity index (χ0v) is 17.7. The average Bonchev–Trinajstić information content (AvgIpc) is 2.76. The summed E-state index contributed by atoms with van der Waals surface area (Å²) >= 11 is 3.46. The quantitative estimate of drug-likeness (QED) is 0.333. The first-order valence-corrected chi connectivity index (χ1v) is 10.0. The van der Waals surface area contributed by atoms with Gasteiger partial charge in [-0.3, -0.25) is 4.79 Å². The van der Waals surface area contributed by atoms with Gasteiger partial charge in [-0.1, -0.05) is 46.3 Å². The van der Waals surface area contributed by atoms with E-state index in [1.807, 2.05) is 48.5 Å². The summed E-state index contributed by atoms with van der Waals surface area (Å²) in [5, 5.41) is 14.0. The fourth-order valence-electron chi connectivity index (χ4n) is 3.04. The van der Waals surface area contributed by atoms with E-state index in [-0.39, 0.29) is 5.88 Å². The number of amides is 1. The van der Waals surface area contributed by atoms with E-state index in [9.17, 15) is 9.59 Å². The van der Waals surface area contributed by atoms with Gasteiger partial charge in [-0.25, -0.2) is 9.78 Å².